The first-order valence-electron chi connectivity index (χ1n) is 7.11. The second kappa shape index (κ2) is 5.43. The van der Waals surface area contributed by atoms with E-state index in [1.54, 1.807) is 0 Å². The number of nitrogens with zero attached hydrogens (tertiary/aromatic N) is 2. The number of halogens is 1. The van der Waals surface area contributed by atoms with Crippen molar-refractivity contribution in [2.75, 3.05) is 0 Å². The summed E-state index contributed by atoms with van der Waals surface area (Å²) in [6, 6.07) is 24.9. The van der Waals surface area contributed by atoms with Gasteiger partial charge in [0.05, 0.1) is 0 Å². The molecule has 0 unspecified atom stereocenters. The molecular weight excluding hydrogens is 336 g/mol. The Labute approximate surface area is 137 Å². The minimum Gasteiger partial charge on any atom is -0.294 e. The van der Waals surface area contributed by atoms with E-state index in [4.69, 9.17) is 4.98 Å². The van der Waals surface area contributed by atoms with Gasteiger partial charge in [-0.3, -0.25) is 4.40 Å². The lowest BCUT2D eigenvalue weighted by atomic mass is 10.0. The molecule has 0 aliphatic carbocycles. The Balaban J connectivity index is 1.78. The van der Waals surface area contributed by atoms with Crippen molar-refractivity contribution in [1.29, 1.82) is 0 Å². The van der Waals surface area contributed by atoms with E-state index in [-0.39, 0.29) is 0 Å². The van der Waals surface area contributed by atoms with E-state index in [0.29, 0.717) is 0 Å². The van der Waals surface area contributed by atoms with Crippen LogP contribution in [0, 0.1) is 0 Å². The Bertz CT molecular complexity index is 925. The second-order valence-electron chi connectivity index (χ2n) is 5.12. The summed E-state index contributed by atoms with van der Waals surface area (Å²) >= 11 is 3.65. The van der Waals surface area contributed by atoms with E-state index in [0.717, 1.165) is 21.5 Å². The number of pyridine rings is 1. The topological polar surface area (TPSA) is 17.3 Å². The van der Waals surface area contributed by atoms with Crippen molar-refractivity contribution < 1.29 is 0 Å². The number of imidazole rings is 1. The van der Waals surface area contributed by atoms with Gasteiger partial charge in [-0.2, -0.15) is 0 Å². The molecule has 0 amide bonds. The molecule has 2 heterocycles. The van der Waals surface area contributed by atoms with Gasteiger partial charge < -0.3 is 0 Å². The first kappa shape index (κ1) is 13.3. The molecule has 0 atom stereocenters. The van der Waals surface area contributed by atoms with Gasteiger partial charge in [0.25, 0.3) is 0 Å². The van der Waals surface area contributed by atoms with Crippen molar-refractivity contribution >= 4 is 21.6 Å². The van der Waals surface area contributed by atoms with Gasteiger partial charge in [0.15, 0.2) is 0 Å². The van der Waals surface area contributed by atoms with Crippen LogP contribution in [0.2, 0.25) is 0 Å². The molecule has 0 fully saturated rings. The van der Waals surface area contributed by atoms with Gasteiger partial charge in [0, 0.05) is 11.8 Å². The van der Waals surface area contributed by atoms with E-state index in [9.17, 15) is 0 Å². The van der Waals surface area contributed by atoms with Gasteiger partial charge in [-0.1, -0.05) is 60.7 Å². The molecule has 2 aromatic carbocycles. The maximum atomic E-state index is 4.70. The van der Waals surface area contributed by atoms with E-state index < -0.39 is 0 Å². The SMILES string of the molecule is Brc1c(-c2ccc(-c3ccccc3)cc2)nc2ccccn12. The zero-order valence-electron chi connectivity index (χ0n) is 11.8. The summed E-state index contributed by atoms with van der Waals surface area (Å²) in [6.07, 6.45) is 2.01. The van der Waals surface area contributed by atoms with E-state index >= 15 is 0 Å². The first-order valence-corrected chi connectivity index (χ1v) is 7.91. The van der Waals surface area contributed by atoms with Crippen LogP contribution in [-0.4, -0.2) is 9.38 Å². The maximum Gasteiger partial charge on any atom is 0.138 e. The van der Waals surface area contributed by atoms with Gasteiger partial charge in [-0.05, 0) is 39.2 Å². The Hall–Kier alpha value is -2.39. The lowest BCUT2D eigenvalue weighted by Gasteiger charge is -2.03. The molecule has 2 nitrogen and oxygen atoms in total. The number of benzene rings is 2. The van der Waals surface area contributed by atoms with E-state index in [1.165, 1.54) is 11.1 Å². The monoisotopic (exact) mass is 348 g/mol. The predicted molar refractivity (Wildman–Crippen MR) is 93.8 cm³/mol. The van der Waals surface area contributed by atoms with Crippen molar-refractivity contribution in [3.05, 3.63) is 83.6 Å². The Morgan fingerprint density at radius 3 is 2.05 bits per heavy atom. The van der Waals surface area contributed by atoms with Crippen molar-refractivity contribution in [2.45, 2.75) is 0 Å². The van der Waals surface area contributed by atoms with Gasteiger partial charge in [-0.25, -0.2) is 4.98 Å². The molecule has 3 heteroatoms. The Morgan fingerprint density at radius 1 is 0.682 bits per heavy atom. The van der Waals surface area contributed by atoms with Gasteiger partial charge in [0.1, 0.15) is 15.9 Å². The van der Waals surface area contributed by atoms with Crippen LogP contribution >= 0.6 is 15.9 Å². The highest BCUT2D eigenvalue weighted by atomic mass is 79.9. The lowest BCUT2D eigenvalue weighted by molar-refractivity contribution is 1.15. The number of hydrogen-bond acceptors (Lipinski definition) is 1. The summed E-state index contributed by atoms with van der Waals surface area (Å²) in [4.78, 5) is 4.70. The van der Waals surface area contributed by atoms with Gasteiger partial charge in [0.2, 0.25) is 0 Å². The fraction of sp³-hybridized carbons (Fsp3) is 0. The largest absolute Gasteiger partial charge is 0.294 e. The third-order valence-corrected chi connectivity index (χ3v) is 4.49. The third kappa shape index (κ3) is 2.24. The number of fused-ring (bicyclic) bond motifs is 1. The minimum absolute atomic E-state index is 0.941. The summed E-state index contributed by atoms with van der Waals surface area (Å²) in [5, 5.41) is 0. The van der Waals surface area contributed by atoms with E-state index in [2.05, 4.69) is 64.5 Å². The van der Waals surface area contributed by atoms with Crippen molar-refractivity contribution in [1.82, 2.24) is 9.38 Å². The minimum atomic E-state index is 0.941. The molecule has 0 aliphatic heterocycles. The van der Waals surface area contributed by atoms with Gasteiger partial charge >= 0.3 is 0 Å². The van der Waals surface area contributed by atoms with Crippen LogP contribution in [0.5, 0.6) is 0 Å². The fourth-order valence-electron chi connectivity index (χ4n) is 2.60. The van der Waals surface area contributed by atoms with E-state index in [1.807, 2.05) is 34.9 Å². The normalized spacial score (nSPS) is 11.0. The molecule has 4 rings (SSSR count). The highest BCUT2D eigenvalue weighted by Crippen LogP contribution is 2.30. The summed E-state index contributed by atoms with van der Waals surface area (Å²) in [5.74, 6) is 0. The Kier molecular flexibility index (Phi) is 3.28. The van der Waals surface area contributed by atoms with Crippen LogP contribution in [0.3, 0.4) is 0 Å². The molecule has 2 aromatic heterocycles. The smallest absolute Gasteiger partial charge is 0.138 e. The molecule has 0 radical (unpaired) electrons. The molecule has 0 N–H and O–H groups in total. The average Bonchev–Trinajstić information content (AvgIpc) is 2.93. The van der Waals surface area contributed by atoms with Gasteiger partial charge in [-0.15, -0.1) is 0 Å². The number of aromatic nitrogens is 2. The van der Waals surface area contributed by atoms with Crippen molar-refractivity contribution in [3.8, 4) is 22.4 Å². The van der Waals surface area contributed by atoms with Crippen LogP contribution in [0.4, 0.5) is 0 Å². The zero-order valence-corrected chi connectivity index (χ0v) is 13.4. The van der Waals surface area contributed by atoms with Crippen LogP contribution < -0.4 is 0 Å². The molecule has 0 aliphatic rings. The average molecular weight is 349 g/mol. The summed E-state index contributed by atoms with van der Waals surface area (Å²) in [6.45, 7) is 0. The molecule has 106 valence electrons. The number of rotatable bonds is 2. The highest BCUT2D eigenvalue weighted by molar-refractivity contribution is 9.10. The first-order chi connectivity index (χ1) is 10.8. The summed E-state index contributed by atoms with van der Waals surface area (Å²) in [7, 11) is 0. The molecule has 22 heavy (non-hydrogen) atoms. The number of hydrogen-bond donors (Lipinski definition) is 0. The highest BCUT2D eigenvalue weighted by Gasteiger charge is 2.11. The van der Waals surface area contributed by atoms with Crippen molar-refractivity contribution in [2.24, 2.45) is 0 Å². The predicted octanol–water partition coefficient (Wildman–Crippen LogP) is 5.43. The molecule has 0 spiro atoms. The second-order valence-corrected chi connectivity index (χ2v) is 5.87. The third-order valence-electron chi connectivity index (χ3n) is 3.74. The Morgan fingerprint density at radius 2 is 1.32 bits per heavy atom. The zero-order chi connectivity index (χ0) is 14.9. The molecule has 4 aromatic rings. The molecular formula is C19H13BrN2. The van der Waals surface area contributed by atoms with Crippen LogP contribution in [0.15, 0.2) is 83.6 Å². The molecule has 0 saturated carbocycles. The molecule has 0 bridgehead atoms. The quantitative estimate of drug-likeness (QED) is 0.472. The van der Waals surface area contributed by atoms with Crippen molar-refractivity contribution in [3.63, 3.8) is 0 Å². The standard InChI is InChI=1S/C19H13BrN2/c20-19-18(21-17-8-4-5-13-22(17)19)16-11-9-15(10-12-16)14-6-2-1-3-7-14/h1-13H. The fourth-order valence-corrected chi connectivity index (χ4v) is 3.22. The van der Waals surface area contributed by atoms with Crippen LogP contribution in [0.25, 0.3) is 28.0 Å². The summed E-state index contributed by atoms with van der Waals surface area (Å²) in [5.41, 5.74) is 5.45. The molecule has 0 saturated heterocycles. The maximum absolute atomic E-state index is 4.70. The van der Waals surface area contributed by atoms with Crippen LogP contribution in [-0.2, 0) is 0 Å². The lowest BCUT2D eigenvalue weighted by Crippen LogP contribution is -1.82. The summed E-state index contributed by atoms with van der Waals surface area (Å²) < 4.78 is 3.02. The van der Waals surface area contributed by atoms with Crippen LogP contribution in [0.1, 0.15) is 0 Å².